The predicted molar refractivity (Wildman–Crippen MR) is 138 cm³/mol. The minimum absolute atomic E-state index is 0.152. The lowest BCUT2D eigenvalue weighted by Crippen LogP contribution is -2.54. The summed E-state index contributed by atoms with van der Waals surface area (Å²) in [6, 6.07) is 14.7. The number of ether oxygens (including phenoxy) is 2. The molecule has 0 spiro atoms. The van der Waals surface area contributed by atoms with E-state index in [1.165, 1.54) is 37.5 Å². The number of para-hydroxylation sites is 1. The average molecular weight is 521 g/mol. The van der Waals surface area contributed by atoms with E-state index in [1.54, 1.807) is 42.5 Å². The number of rotatable bonds is 8. The quantitative estimate of drug-likeness (QED) is 0.242. The van der Waals surface area contributed by atoms with Crippen LogP contribution in [-0.4, -0.2) is 25.0 Å². The maximum atomic E-state index is 13.2. The third-order valence-corrected chi connectivity index (χ3v) is 5.86. The molecular weight excluding hydrogens is 499 g/mol. The van der Waals surface area contributed by atoms with Crippen LogP contribution in [-0.2, 0) is 22.6 Å². The van der Waals surface area contributed by atoms with Crippen LogP contribution in [0, 0.1) is 5.82 Å². The summed E-state index contributed by atoms with van der Waals surface area (Å²) in [5.74, 6) is -1.19. The summed E-state index contributed by atoms with van der Waals surface area (Å²) in [7, 11) is 1.46. The van der Waals surface area contributed by atoms with Crippen LogP contribution in [0.4, 0.5) is 14.9 Å². The van der Waals surface area contributed by atoms with Gasteiger partial charge in [-0.25, -0.2) is 14.1 Å². The zero-order valence-corrected chi connectivity index (χ0v) is 20.5. The lowest BCUT2D eigenvalue weighted by molar-refractivity contribution is -0.122. The number of methoxy groups -OCH3 is 1. The molecule has 1 heterocycles. The zero-order chi connectivity index (χ0) is 26.5. The van der Waals surface area contributed by atoms with E-state index < -0.39 is 17.8 Å². The van der Waals surface area contributed by atoms with Gasteiger partial charge in [-0.1, -0.05) is 41.9 Å². The third kappa shape index (κ3) is 5.54. The molecule has 7 nitrogen and oxygen atoms in total. The Labute approximate surface area is 217 Å². The van der Waals surface area contributed by atoms with Gasteiger partial charge in [0.05, 0.1) is 17.8 Å². The molecule has 1 fully saturated rings. The highest BCUT2D eigenvalue weighted by atomic mass is 35.5. The van der Waals surface area contributed by atoms with Gasteiger partial charge in [-0.3, -0.25) is 14.9 Å². The van der Waals surface area contributed by atoms with Crippen molar-refractivity contribution in [1.29, 1.82) is 0 Å². The number of barbiturate groups is 1. The fourth-order valence-corrected chi connectivity index (χ4v) is 4.02. The molecule has 0 radical (unpaired) electrons. The van der Waals surface area contributed by atoms with Crippen molar-refractivity contribution in [2.75, 3.05) is 12.0 Å². The minimum atomic E-state index is -0.894. The van der Waals surface area contributed by atoms with Crippen LogP contribution in [0.25, 0.3) is 6.08 Å². The Morgan fingerprint density at radius 2 is 1.81 bits per heavy atom. The molecule has 0 aromatic heterocycles. The van der Waals surface area contributed by atoms with E-state index in [-0.39, 0.29) is 28.7 Å². The fourth-order valence-electron chi connectivity index (χ4n) is 3.80. The molecule has 1 aliphatic rings. The molecule has 9 heteroatoms. The van der Waals surface area contributed by atoms with Crippen LogP contribution in [0.1, 0.15) is 16.7 Å². The van der Waals surface area contributed by atoms with Crippen molar-refractivity contribution >= 4 is 41.2 Å². The van der Waals surface area contributed by atoms with Gasteiger partial charge in [0, 0.05) is 5.56 Å². The molecule has 0 bridgehead atoms. The van der Waals surface area contributed by atoms with E-state index in [4.69, 9.17) is 21.1 Å². The summed E-state index contributed by atoms with van der Waals surface area (Å²) < 4.78 is 24.8. The number of benzene rings is 3. The van der Waals surface area contributed by atoms with Gasteiger partial charge in [-0.05, 0) is 60.0 Å². The van der Waals surface area contributed by atoms with Crippen molar-refractivity contribution in [2.24, 2.45) is 0 Å². The molecule has 0 unspecified atom stereocenters. The monoisotopic (exact) mass is 520 g/mol. The lowest BCUT2D eigenvalue weighted by Gasteiger charge is -2.27. The molecule has 3 aromatic carbocycles. The van der Waals surface area contributed by atoms with Crippen molar-refractivity contribution in [1.82, 2.24) is 5.32 Å². The van der Waals surface area contributed by atoms with Crippen LogP contribution >= 0.6 is 11.6 Å². The molecule has 37 heavy (non-hydrogen) atoms. The van der Waals surface area contributed by atoms with Crippen LogP contribution in [0.2, 0.25) is 5.02 Å². The molecule has 4 rings (SSSR count). The number of nitrogens with zero attached hydrogens (tertiary/aromatic N) is 1. The molecular formula is C28H22ClFN2O5. The zero-order valence-electron chi connectivity index (χ0n) is 19.8. The summed E-state index contributed by atoms with van der Waals surface area (Å²) in [5.41, 5.74) is 1.81. The Bertz CT molecular complexity index is 1420. The first-order valence-corrected chi connectivity index (χ1v) is 11.5. The molecule has 0 aliphatic carbocycles. The second kappa shape index (κ2) is 11.1. The maximum Gasteiger partial charge on any atom is 0.335 e. The number of hydrogen-bond acceptors (Lipinski definition) is 5. The lowest BCUT2D eigenvalue weighted by atomic mass is 10.0. The first-order valence-electron chi connectivity index (χ1n) is 11.2. The molecule has 0 atom stereocenters. The first-order chi connectivity index (χ1) is 17.8. The van der Waals surface area contributed by atoms with E-state index in [0.29, 0.717) is 29.0 Å². The SMILES string of the molecule is C=CCc1cc(/C=C2\C(=O)NC(=O)N(c3ccccc3Cl)C2=O)cc(OC)c1OCc1ccc(F)cc1. The first kappa shape index (κ1) is 25.7. The number of carbonyl (C=O) groups is 3. The summed E-state index contributed by atoms with van der Waals surface area (Å²) >= 11 is 6.19. The van der Waals surface area contributed by atoms with Crippen molar-refractivity contribution in [3.8, 4) is 11.5 Å². The summed E-state index contributed by atoms with van der Waals surface area (Å²) in [6.07, 6.45) is 3.44. The van der Waals surface area contributed by atoms with Crippen molar-refractivity contribution in [2.45, 2.75) is 13.0 Å². The van der Waals surface area contributed by atoms with E-state index in [1.807, 2.05) is 0 Å². The van der Waals surface area contributed by atoms with Crippen LogP contribution in [0.5, 0.6) is 11.5 Å². The van der Waals surface area contributed by atoms with Crippen molar-refractivity contribution in [3.05, 3.63) is 106 Å². The standard InChI is InChI=1S/C28H22ClFN2O5/c1-3-6-19-13-18(15-24(36-2)25(19)37-16-17-9-11-20(30)12-10-17)14-21-26(33)31-28(35)32(27(21)34)23-8-5-4-7-22(23)29/h3-5,7-15H,1,6,16H2,2H3,(H,31,33,35)/b21-14+. The van der Waals surface area contributed by atoms with Gasteiger partial charge in [0.2, 0.25) is 0 Å². The number of hydrogen-bond donors (Lipinski definition) is 1. The number of imide groups is 2. The topological polar surface area (TPSA) is 84.9 Å². The largest absolute Gasteiger partial charge is 0.493 e. The number of anilines is 1. The summed E-state index contributed by atoms with van der Waals surface area (Å²) in [6.45, 7) is 3.95. The van der Waals surface area contributed by atoms with Gasteiger partial charge in [0.1, 0.15) is 18.0 Å². The summed E-state index contributed by atoms with van der Waals surface area (Å²) in [4.78, 5) is 39.1. The Hall–Kier alpha value is -4.43. The van der Waals surface area contributed by atoms with Crippen LogP contribution in [0.15, 0.2) is 78.9 Å². The van der Waals surface area contributed by atoms with Gasteiger partial charge in [-0.15, -0.1) is 6.58 Å². The molecule has 0 saturated carbocycles. The van der Waals surface area contributed by atoms with E-state index >= 15 is 0 Å². The fraction of sp³-hybridized carbons (Fsp3) is 0.107. The Morgan fingerprint density at radius 1 is 1.08 bits per heavy atom. The second-order valence-corrected chi connectivity index (χ2v) is 8.44. The number of amides is 4. The van der Waals surface area contributed by atoms with E-state index in [9.17, 15) is 18.8 Å². The van der Waals surface area contributed by atoms with Crippen LogP contribution < -0.4 is 19.7 Å². The molecule has 1 aliphatic heterocycles. The van der Waals surface area contributed by atoms with Gasteiger partial charge >= 0.3 is 6.03 Å². The van der Waals surface area contributed by atoms with Gasteiger partial charge < -0.3 is 9.47 Å². The number of nitrogens with one attached hydrogen (secondary N) is 1. The summed E-state index contributed by atoms with van der Waals surface area (Å²) in [5, 5.41) is 2.36. The van der Waals surface area contributed by atoms with Gasteiger partial charge in [-0.2, -0.15) is 0 Å². The molecule has 1 N–H and O–H groups in total. The highest BCUT2D eigenvalue weighted by molar-refractivity contribution is 6.42. The van der Waals surface area contributed by atoms with Crippen LogP contribution in [0.3, 0.4) is 0 Å². The number of halogens is 2. The van der Waals surface area contributed by atoms with Gasteiger partial charge in [0.25, 0.3) is 11.8 Å². The molecule has 4 amide bonds. The minimum Gasteiger partial charge on any atom is -0.493 e. The highest BCUT2D eigenvalue weighted by Gasteiger charge is 2.37. The number of urea groups is 1. The predicted octanol–water partition coefficient (Wildman–Crippen LogP) is 5.46. The van der Waals surface area contributed by atoms with Crippen molar-refractivity contribution in [3.63, 3.8) is 0 Å². The maximum absolute atomic E-state index is 13.2. The highest BCUT2D eigenvalue weighted by Crippen LogP contribution is 2.36. The molecule has 3 aromatic rings. The molecule has 1 saturated heterocycles. The average Bonchev–Trinajstić information content (AvgIpc) is 2.88. The Kier molecular flexibility index (Phi) is 7.69. The van der Waals surface area contributed by atoms with Crippen molar-refractivity contribution < 1.29 is 28.2 Å². The van der Waals surface area contributed by atoms with E-state index in [2.05, 4.69) is 11.9 Å². The van der Waals surface area contributed by atoms with Gasteiger partial charge in [0.15, 0.2) is 11.5 Å². The third-order valence-electron chi connectivity index (χ3n) is 5.54. The number of allylic oxidation sites excluding steroid dienone is 1. The van der Waals surface area contributed by atoms with E-state index in [0.717, 1.165) is 10.5 Å². The number of carbonyl (C=O) groups excluding carboxylic acids is 3. The second-order valence-electron chi connectivity index (χ2n) is 8.03. The normalized spacial score (nSPS) is 14.5. The Balaban J connectivity index is 1.70. The Morgan fingerprint density at radius 3 is 2.49 bits per heavy atom. The smallest absolute Gasteiger partial charge is 0.335 e. The molecule has 188 valence electrons.